The lowest BCUT2D eigenvalue weighted by Crippen LogP contribution is -2.39. The highest BCUT2D eigenvalue weighted by Gasteiger charge is 2.23. The highest BCUT2D eigenvalue weighted by atomic mass is 32.2. The van der Waals surface area contributed by atoms with Crippen LogP contribution < -0.4 is 4.74 Å². The molecule has 1 aromatic carbocycles. The van der Waals surface area contributed by atoms with Crippen molar-refractivity contribution in [2.24, 2.45) is 0 Å². The number of methoxy groups -OCH3 is 1. The van der Waals surface area contributed by atoms with E-state index in [1.807, 2.05) is 23.9 Å². The summed E-state index contributed by atoms with van der Waals surface area (Å²) in [5.74, 6) is 0.865. The Hall–Kier alpha value is -1.00. The predicted molar refractivity (Wildman–Crippen MR) is 80.2 cm³/mol. The van der Waals surface area contributed by atoms with Crippen LogP contribution in [0.3, 0.4) is 0 Å². The highest BCUT2D eigenvalue weighted by Crippen LogP contribution is 2.28. The fourth-order valence-electron chi connectivity index (χ4n) is 2.65. The summed E-state index contributed by atoms with van der Waals surface area (Å²) in [6.07, 6.45) is 0.889. The molecule has 0 saturated carbocycles. The molecule has 0 aliphatic carbocycles. The van der Waals surface area contributed by atoms with Gasteiger partial charge in [0.1, 0.15) is 12.0 Å². The molecule has 1 aromatic rings. The third-order valence-electron chi connectivity index (χ3n) is 3.33. The zero-order valence-corrected chi connectivity index (χ0v) is 12.6. The van der Waals surface area contributed by atoms with E-state index in [1.54, 1.807) is 13.2 Å². The van der Waals surface area contributed by atoms with Gasteiger partial charge < -0.3 is 4.74 Å². The molecule has 3 nitrogen and oxygen atoms in total. The number of ether oxygens (including phenoxy) is 1. The lowest BCUT2D eigenvalue weighted by molar-refractivity contribution is 0.112. The van der Waals surface area contributed by atoms with Gasteiger partial charge in [-0.15, -0.1) is 0 Å². The Morgan fingerprint density at radius 3 is 2.63 bits per heavy atom. The van der Waals surface area contributed by atoms with Gasteiger partial charge in [-0.2, -0.15) is 11.8 Å². The van der Waals surface area contributed by atoms with Crippen molar-refractivity contribution in [3.8, 4) is 5.75 Å². The van der Waals surface area contributed by atoms with Gasteiger partial charge >= 0.3 is 0 Å². The van der Waals surface area contributed by atoms with E-state index in [0.29, 0.717) is 16.1 Å². The SMILES string of the molecule is COc1ccc(C=O)cc1CN1CC(C)SC(C)C1. The summed E-state index contributed by atoms with van der Waals surface area (Å²) in [4.78, 5) is 13.3. The minimum absolute atomic E-state index is 0.656. The van der Waals surface area contributed by atoms with Gasteiger partial charge in [0.2, 0.25) is 0 Å². The number of carbonyl (C=O) groups excluding carboxylic acids is 1. The van der Waals surface area contributed by atoms with Crippen molar-refractivity contribution < 1.29 is 9.53 Å². The van der Waals surface area contributed by atoms with Crippen molar-refractivity contribution in [3.05, 3.63) is 29.3 Å². The number of thioether (sulfide) groups is 1. The summed E-state index contributed by atoms with van der Waals surface area (Å²) in [7, 11) is 1.68. The molecule has 1 aliphatic heterocycles. The minimum atomic E-state index is 0.656. The van der Waals surface area contributed by atoms with E-state index < -0.39 is 0 Å². The maximum Gasteiger partial charge on any atom is 0.150 e. The largest absolute Gasteiger partial charge is 0.496 e. The molecule has 2 unspecified atom stereocenters. The smallest absolute Gasteiger partial charge is 0.150 e. The lowest BCUT2D eigenvalue weighted by Gasteiger charge is -2.34. The van der Waals surface area contributed by atoms with Crippen molar-refractivity contribution in [2.45, 2.75) is 30.9 Å². The third-order valence-corrected chi connectivity index (χ3v) is 4.56. The Bertz CT molecular complexity index is 440. The quantitative estimate of drug-likeness (QED) is 0.793. The first-order chi connectivity index (χ1) is 9.12. The van der Waals surface area contributed by atoms with Crippen LogP contribution in [-0.2, 0) is 6.54 Å². The molecule has 0 N–H and O–H groups in total. The first-order valence-electron chi connectivity index (χ1n) is 6.62. The average Bonchev–Trinajstić information content (AvgIpc) is 2.37. The van der Waals surface area contributed by atoms with E-state index in [2.05, 4.69) is 18.7 Å². The zero-order chi connectivity index (χ0) is 13.8. The predicted octanol–water partition coefficient (Wildman–Crippen LogP) is 2.83. The van der Waals surface area contributed by atoms with Crippen molar-refractivity contribution in [1.29, 1.82) is 0 Å². The molecule has 19 heavy (non-hydrogen) atoms. The van der Waals surface area contributed by atoms with Crippen molar-refractivity contribution in [1.82, 2.24) is 4.90 Å². The minimum Gasteiger partial charge on any atom is -0.496 e. The van der Waals surface area contributed by atoms with E-state index >= 15 is 0 Å². The van der Waals surface area contributed by atoms with Gasteiger partial charge in [0.15, 0.2) is 0 Å². The van der Waals surface area contributed by atoms with Crippen LogP contribution in [0.1, 0.15) is 29.8 Å². The Labute approximate surface area is 119 Å². The van der Waals surface area contributed by atoms with E-state index in [1.165, 1.54) is 0 Å². The molecule has 0 aromatic heterocycles. The second kappa shape index (κ2) is 6.44. The van der Waals surface area contributed by atoms with Gasteiger partial charge in [0.05, 0.1) is 7.11 Å². The topological polar surface area (TPSA) is 29.5 Å². The Morgan fingerprint density at radius 2 is 2.05 bits per heavy atom. The summed E-state index contributed by atoms with van der Waals surface area (Å²) >= 11 is 2.04. The molecule has 1 fully saturated rings. The maximum atomic E-state index is 10.9. The number of benzene rings is 1. The van der Waals surface area contributed by atoms with Crippen LogP contribution in [0.2, 0.25) is 0 Å². The number of rotatable bonds is 4. The number of nitrogens with zero attached hydrogens (tertiary/aromatic N) is 1. The Balaban J connectivity index is 2.14. The summed E-state index contributed by atoms with van der Waals surface area (Å²) < 4.78 is 5.39. The number of aldehydes is 1. The molecule has 1 aliphatic rings. The number of carbonyl (C=O) groups is 1. The maximum absolute atomic E-state index is 10.9. The second-order valence-electron chi connectivity index (χ2n) is 5.14. The highest BCUT2D eigenvalue weighted by molar-refractivity contribution is 8.00. The second-order valence-corrected chi connectivity index (χ2v) is 7.02. The van der Waals surface area contributed by atoms with Crippen LogP contribution in [0.5, 0.6) is 5.75 Å². The molecule has 4 heteroatoms. The first kappa shape index (κ1) is 14.4. The van der Waals surface area contributed by atoms with Crippen LogP contribution in [-0.4, -0.2) is 41.9 Å². The van der Waals surface area contributed by atoms with Crippen LogP contribution >= 0.6 is 11.8 Å². The molecule has 1 heterocycles. The van der Waals surface area contributed by atoms with Crippen LogP contribution in [0.25, 0.3) is 0 Å². The summed E-state index contributed by atoms with van der Waals surface area (Å²) in [5, 5.41) is 1.31. The molecule has 2 atom stereocenters. The van der Waals surface area contributed by atoms with Gasteiger partial charge in [0, 0.05) is 41.3 Å². The van der Waals surface area contributed by atoms with Crippen molar-refractivity contribution in [2.75, 3.05) is 20.2 Å². The summed E-state index contributed by atoms with van der Waals surface area (Å²) in [5.41, 5.74) is 1.81. The molecule has 1 saturated heterocycles. The summed E-state index contributed by atoms with van der Waals surface area (Å²) in [6, 6.07) is 5.61. The molecule has 0 radical (unpaired) electrons. The molecule has 104 valence electrons. The Morgan fingerprint density at radius 1 is 1.37 bits per heavy atom. The van der Waals surface area contributed by atoms with Gasteiger partial charge in [-0.05, 0) is 18.2 Å². The molecular weight excluding hydrogens is 258 g/mol. The fraction of sp³-hybridized carbons (Fsp3) is 0.533. The van der Waals surface area contributed by atoms with Crippen molar-refractivity contribution >= 4 is 18.0 Å². The molecule has 0 spiro atoms. The van der Waals surface area contributed by atoms with Crippen LogP contribution in [0, 0.1) is 0 Å². The Kier molecular flexibility index (Phi) is 4.88. The lowest BCUT2D eigenvalue weighted by atomic mass is 10.1. The van der Waals surface area contributed by atoms with Crippen molar-refractivity contribution in [3.63, 3.8) is 0 Å². The monoisotopic (exact) mass is 279 g/mol. The third kappa shape index (κ3) is 3.74. The molecular formula is C15H21NO2S. The average molecular weight is 279 g/mol. The van der Waals surface area contributed by atoms with Gasteiger partial charge in [0.25, 0.3) is 0 Å². The zero-order valence-electron chi connectivity index (χ0n) is 11.8. The van der Waals surface area contributed by atoms with E-state index in [-0.39, 0.29) is 0 Å². The molecule has 0 bridgehead atoms. The molecule has 2 rings (SSSR count). The van der Waals surface area contributed by atoms with E-state index in [4.69, 9.17) is 4.74 Å². The van der Waals surface area contributed by atoms with Gasteiger partial charge in [-0.25, -0.2) is 0 Å². The normalized spacial score (nSPS) is 24.2. The van der Waals surface area contributed by atoms with Gasteiger partial charge in [-0.3, -0.25) is 9.69 Å². The fourth-order valence-corrected chi connectivity index (χ4v) is 4.04. The van der Waals surface area contributed by atoms with Gasteiger partial charge in [-0.1, -0.05) is 13.8 Å². The van der Waals surface area contributed by atoms with Crippen LogP contribution in [0.15, 0.2) is 18.2 Å². The van der Waals surface area contributed by atoms with E-state index in [0.717, 1.165) is 37.2 Å². The summed E-state index contributed by atoms with van der Waals surface area (Å²) in [6.45, 7) is 7.56. The van der Waals surface area contributed by atoms with Crippen LogP contribution in [0.4, 0.5) is 0 Å². The standard InChI is InChI=1S/C15H21NO2S/c1-11-7-16(8-12(2)19-11)9-14-6-13(10-17)4-5-15(14)18-3/h4-6,10-12H,7-9H2,1-3H3. The first-order valence-corrected chi connectivity index (χ1v) is 7.56. The molecule has 0 amide bonds. The number of hydrogen-bond acceptors (Lipinski definition) is 4. The number of hydrogen-bond donors (Lipinski definition) is 0. The van der Waals surface area contributed by atoms with E-state index in [9.17, 15) is 4.79 Å².